The molecule has 9 nitrogen and oxygen atoms in total. The second-order valence-corrected chi connectivity index (χ2v) is 6.78. The van der Waals surface area contributed by atoms with Crippen molar-refractivity contribution in [1.29, 1.82) is 0 Å². The standard InChI is InChI=1S/C21H19F3N2O7/c1-32-17(27)11-16(12-5-9-15(10-6-12)26(30)31)18(20(29)33-2)25-19(28)13-3-7-14(8-4-13)21(22,23)24/h3-10,16,18H,11H2,1-2H3,(H,25,28)/t16-,18+/m0/s1. The highest BCUT2D eigenvalue weighted by atomic mass is 19.4. The first kappa shape index (κ1) is 25.3. The molecule has 2 atom stereocenters. The lowest BCUT2D eigenvalue weighted by Gasteiger charge is -2.26. The van der Waals surface area contributed by atoms with E-state index in [9.17, 15) is 37.7 Å². The van der Waals surface area contributed by atoms with Crippen LogP contribution in [0.15, 0.2) is 48.5 Å². The number of carbonyl (C=O) groups is 3. The van der Waals surface area contributed by atoms with Gasteiger partial charge in [-0.2, -0.15) is 13.2 Å². The molecule has 0 aromatic heterocycles. The van der Waals surface area contributed by atoms with Crippen molar-refractivity contribution < 1.29 is 42.0 Å². The van der Waals surface area contributed by atoms with Gasteiger partial charge >= 0.3 is 18.1 Å². The van der Waals surface area contributed by atoms with E-state index in [2.05, 4.69) is 10.1 Å². The van der Waals surface area contributed by atoms with Gasteiger partial charge in [0, 0.05) is 23.6 Å². The van der Waals surface area contributed by atoms with Crippen LogP contribution < -0.4 is 5.32 Å². The zero-order chi connectivity index (χ0) is 24.8. The largest absolute Gasteiger partial charge is 0.469 e. The van der Waals surface area contributed by atoms with Crippen LogP contribution in [0.2, 0.25) is 0 Å². The maximum absolute atomic E-state index is 12.8. The Bertz CT molecular complexity index is 1020. The molecule has 12 heteroatoms. The molecule has 0 fully saturated rings. The SMILES string of the molecule is COC(=O)C[C@@H](c1ccc([N+](=O)[O-])cc1)[C@@H](NC(=O)c1ccc(C(F)(F)F)cc1)C(=O)OC. The van der Waals surface area contributed by atoms with E-state index >= 15 is 0 Å². The van der Waals surface area contributed by atoms with Gasteiger partial charge in [0.2, 0.25) is 0 Å². The molecule has 0 bridgehead atoms. The van der Waals surface area contributed by atoms with E-state index in [1.807, 2.05) is 0 Å². The van der Waals surface area contributed by atoms with Crippen molar-refractivity contribution in [2.75, 3.05) is 14.2 Å². The Kier molecular flexibility index (Phi) is 8.10. The van der Waals surface area contributed by atoms with E-state index in [-0.39, 0.29) is 16.8 Å². The zero-order valence-electron chi connectivity index (χ0n) is 17.4. The van der Waals surface area contributed by atoms with Gasteiger partial charge < -0.3 is 14.8 Å². The van der Waals surface area contributed by atoms with Crippen LogP contribution in [-0.4, -0.2) is 43.0 Å². The van der Waals surface area contributed by atoms with Crippen molar-refractivity contribution in [2.24, 2.45) is 0 Å². The fourth-order valence-corrected chi connectivity index (χ4v) is 3.02. The number of carbonyl (C=O) groups excluding carboxylic acids is 3. The maximum Gasteiger partial charge on any atom is 0.416 e. The third kappa shape index (κ3) is 6.51. The molecule has 1 N–H and O–H groups in total. The number of esters is 2. The molecule has 0 aliphatic carbocycles. The predicted molar refractivity (Wildman–Crippen MR) is 107 cm³/mol. The number of amides is 1. The average Bonchev–Trinajstić information content (AvgIpc) is 2.80. The highest BCUT2D eigenvalue weighted by Crippen LogP contribution is 2.30. The maximum atomic E-state index is 12.8. The van der Waals surface area contributed by atoms with Crippen molar-refractivity contribution >= 4 is 23.5 Å². The number of nitrogens with one attached hydrogen (secondary N) is 1. The van der Waals surface area contributed by atoms with Gasteiger partial charge in [-0.05, 0) is 29.8 Å². The zero-order valence-corrected chi connectivity index (χ0v) is 17.4. The van der Waals surface area contributed by atoms with Crippen molar-refractivity contribution in [3.63, 3.8) is 0 Å². The lowest BCUT2D eigenvalue weighted by Crippen LogP contribution is -2.46. The number of rotatable bonds is 8. The topological polar surface area (TPSA) is 125 Å². The second-order valence-electron chi connectivity index (χ2n) is 6.78. The van der Waals surface area contributed by atoms with Gasteiger partial charge in [-0.15, -0.1) is 0 Å². The summed E-state index contributed by atoms with van der Waals surface area (Å²) in [7, 11) is 2.16. The van der Waals surface area contributed by atoms with Gasteiger partial charge in [0.05, 0.1) is 31.1 Å². The van der Waals surface area contributed by atoms with E-state index in [1.54, 1.807) is 0 Å². The first-order valence-corrected chi connectivity index (χ1v) is 9.35. The molecule has 33 heavy (non-hydrogen) atoms. The molecule has 176 valence electrons. The number of alkyl halides is 3. The van der Waals surface area contributed by atoms with Gasteiger partial charge in [-0.25, -0.2) is 4.79 Å². The van der Waals surface area contributed by atoms with E-state index in [1.165, 1.54) is 12.1 Å². The van der Waals surface area contributed by atoms with Crippen molar-refractivity contribution in [1.82, 2.24) is 5.32 Å². The highest BCUT2D eigenvalue weighted by Gasteiger charge is 2.35. The molecule has 0 spiro atoms. The summed E-state index contributed by atoms with van der Waals surface area (Å²) in [6.07, 6.45) is -4.99. The quantitative estimate of drug-likeness (QED) is 0.358. The van der Waals surface area contributed by atoms with Crippen LogP contribution in [-0.2, 0) is 25.2 Å². The van der Waals surface area contributed by atoms with Gasteiger partial charge in [-0.1, -0.05) is 12.1 Å². The molecule has 0 saturated carbocycles. The number of benzene rings is 2. The minimum atomic E-state index is -4.59. The molecule has 0 heterocycles. The number of methoxy groups -OCH3 is 2. The van der Waals surface area contributed by atoms with E-state index in [0.29, 0.717) is 12.1 Å². The smallest absolute Gasteiger partial charge is 0.416 e. The normalized spacial score (nSPS) is 12.9. The molecule has 0 aliphatic heterocycles. The fourth-order valence-electron chi connectivity index (χ4n) is 3.02. The van der Waals surface area contributed by atoms with Gasteiger partial charge in [-0.3, -0.25) is 19.7 Å². The second kappa shape index (κ2) is 10.6. The number of hydrogen-bond acceptors (Lipinski definition) is 7. The Hall–Kier alpha value is -3.96. The number of nitro benzene ring substituents is 1. The van der Waals surface area contributed by atoms with E-state index < -0.39 is 52.9 Å². The average molecular weight is 468 g/mol. The molecular weight excluding hydrogens is 449 g/mol. The van der Waals surface area contributed by atoms with Crippen LogP contribution >= 0.6 is 0 Å². The van der Waals surface area contributed by atoms with Gasteiger partial charge in [0.1, 0.15) is 6.04 Å². The molecule has 2 aromatic carbocycles. The predicted octanol–water partition coefficient (Wildman–Crippen LogP) is 3.23. The Morgan fingerprint density at radius 2 is 1.58 bits per heavy atom. The Labute approximate surface area is 185 Å². The van der Waals surface area contributed by atoms with Crippen LogP contribution in [0.5, 0.6) is 0 Å². The summed E-state index contributed by atoms with van der Waals surface area (Å²) in [4.78, 5) is 47.4. The molecule has 2 aromatic rings. The van der Waals surface area contributed by atoms with Gasteiger partial charge in [0.15, 0.2) is 0 Å². The van der Waals surface area contributed by atoms with Crippen molar-refractivity contribution in [3.8, 4) is 0 Å². The Morgan fingerprint density at radius 1 is 1.00 bits per heavy atom. The highest BCUT2D eigenvalue weighted by molar-refractivity contribution is 5.97. The van der Waals surface area contributed by atoms with Gasteiger partial charge in [0.25, 0.3) is 11.6 Å². The first-order valence-electron chi connectivity index (χ1n) is 9.35. The summed E-state index contributed by atoms with van der Waals surface area (Å²) in [6, 6.07) is 6.79. The molecule has 0 radical (unpaired) electrons. The summed E-state index contributed by atoms with van der Waals surface area (Å²) in [5.74, 6) is -3.63. The molecular formula is C21H19F3N2O7. The fraction of sp³-hybridized carbons (Fsp3) is 0.286. The summed E-state index contributed by atoms with van der Waals surface area (Å²) >= 11 is 0. The number of nitrogens with zero attached hydrogens (tertiary/aromatic N) is 1. The lowest BCUT2D eigenvalue weighted by molar-refractivity contribution is -0.384. The molecule has 0 aliphatic rings. The van der Waals surface area contributed by atoms with Crippen molar-refractivity contribution in [3.05, 3.63) is 75.3 Å². The van der Waals surface area contributed by atoms with Crippen LogP contribution in [0.3, 0.4) is 0 Å². The monoisotopic (exact) mass is 468 g/mol. The van der Waals surface area contributed by atoms with E-state index in [0.717, 1.165) is 38.5 Å². The number of halogens is 3. The molecule has 0 unspecified atom stereocenters. The van der Waals surface area contributed by atoms with Crippen molar-refractivity contribution in [2.45, 2.75) is 24.6 Å². The van der Waals surface area contributed by atoms with Crippen LogP contribution in [0.4, 0.5) is 18.9 Å². The Balaban J connectivity index is 2.39. The minimum Gasteiger partial charge on any atom is -0.469 e. The van der Waals surface area contributed by atoms with Crippen LogP contribution in [0, 0.1) is 10.1 Å². The molecule has 2 rings (SSSR count). The molecule has 1 amide bonds. The Morgan fingerprint density at radius 3 is 2.03 bits per heavy atom. The summed E-state index contributed by atoms with van der Waals surface area (Å²) in [5.41, 5.74) is -1.08. The lowest BCUT2D eigenvalue weighted by atomic mass is 9.88. The van der Waals surface area contributed by atoms with Crippen LogP contribution in [0.1, 0.15) is 33.8 Å². The minimum absolute atomic E-state index is 0.169. The van der Waals surface area contributed by atoms with E-state index in [4.69, 9.17) is 4.74 Å². The summed E-state index contributed by atoms with van der Waals surface area (Å²) in [6.45, 7) is 0. The number of nitro groups is 1. The molecule has 0 saturated heterocycles. The summed E-state index contributed by atoms with van der Waals surface area (Å²) in [5, 5.41) is 13.3. The van der Waals surface area contributed by atoms with Crippen LogP contribution in [0.25, 0.3) is 0 Å². The number of hydrogen-bond donors (Lipinski definition) is 1. The number of non-ortho nitro benzene ring substituents is 1. The first-order chi connectivity index (χ1) is 15.5. The third-order valence-corrected chi connectivity index (χ3v) is 4.76. The third-order valence-electron chi connectivity index (χ3n) is 4.76. The summed E-state index contributed by atoms with van der Waals surface area (Å²) < 4.78 is 47.7. The number of ether oxygens (including phenoxy) is 2.